The van der Waals surface area contributed by atoms with Gasteiger partial charge < -0.3 is 25.3 Å². The second-order valence-corrected chi connectivity index (χ2v) is 7.26. The Kier molecular flexibility index (Phi) is 5.03. The van der Waals surface area contributed by atoms with Crippen LogP contribution in [0.25, 0.3) is 0 Å². The number of hydrogen-bond donors (Lipinski definition) is 2. The third-order valence-corrected chi connectivity index (χ3v) is 5.20. The molecular weight excluding hydrogens is 356 g/mol. The zero-order valence-electron chi connectivity index (χ0n) is 14.7. The first-order chi connectivity index (χ1) is 12.3. The quantitative estimate of drug-likeness (QED) is 0.807. The first-order valence-corrected chi connectivity index (χ1v) is 8.97. The van der Waals surface area contributed by atoms with E-state index < -0.39 is 12.0 Å². The van der Waals surface area contributed by atoms with E-state index in [4.69, 9.17) is 19.9 Å². The van der Waals surface area contributed by atoms with Crippen LogP contribution in [0.5, 0.6) is 17.2 Å². The maximum absolute atomic E-state index is 12.5. The highest BCUT2D eigenvalue weighted by atomic mass is 32.1. The van der Waals surface area contributed by atoms with Crippen LogP contribution in [0.1, 0.15) is 41.9 Å². The van der Waals surface area contributed by atoms with Gasteiger partial charge in [-0.25, -0.2) is 0 Å². The number of hydrogen-bond acceptors (Lipinski definition) is 6. The monoisotopic (exact) mass is 376 g/mol. The Bertz CT molecular complexity index is 846. The highest BCUT2D eigenvalue weighted by molar-refractivity contribution is 7.16. The molecule has 0 spiro atoms. The molecule has 0 radical (unpaired) electrons. The molecule has 1 atom stereocenters. The fraction of sp³-hybridized carbons (Fsp3) is 0.333. The molecule has 0 bridgehead atoms. The number of carbonyl (C=O) groups excluding carboxylic acids is 2. The van der Waals surface area contributed by atoms with E-state index in [2.05, 4.69) is 5.32 Å². The molecule has 1 unspecified atom stereocenters. The number of anilines is 1. The Morgan fingerprint density at radius 1 is 1.19 bits per heavy atom. The minimum absolute atomic E-state index is 0.168. The van der Waals surface area contributed by atoms with Crippen molar-refractivity contribution in [2.45, 2.75) is 32.8 Å². The molecule has 2 heterocycles. The predicted octanol–water partition coefficient (Wildman–Crippen LogP) is 3.11. The van der Waals surface area contributed by atoms with Gasteiger partial charge in [0.15, 0.2) is 17.6 Å². The van der Waals surface area contributed by atoms with Crippen LogP contribution in [0.15, 0.2) is 24.3 Å². The van der Waals surface area contributed by atoms with Crippen molar-refractivity contribution in [3.05, 3.63) is 34.7 Å². The Morgan fingerprint density at radius 2 is 1.92 bits per heavy atom. The molecular formula is C18H20N2O5S. The van der Waals surface area contributed by atoms with E-state index in [1.165, 1.54) is 11.3 Å². The number of benzene rings is 1. The first kappa shape index (κ1) is 18.1. The number of ether oxygens (including phenoxy) is 3. The molecule has 1 aliphatic rings. The molecule has 2 amide bonds. The van der Waals surface area contributed by atoms with Gasteiger partial charge in [-0.3, -0.25) is 9.59 Å². The van der Waals surface area contributed by atoms with E-state index in [-0.39, 0.29) is 18.6 Å². The molecule has 0 fully saturated rings. The summed E-state index contributed by atoms with van der Waals surface area (Å²) in [7, 11) is 0. The van der Waals surface area contributed by atoms with Crippen LogP contribution in [0.4, 0.5) is 5.00 Å². The van der Waals surface area contributed by atoms with Gasteiger partial charge in [-0.2, -0.15) is 0 Å². The maximum Gasteiger partial charge on any atom is 0.265 e. The summed E-state index contributed by atoms with van der Waals surface area (Å²) in [6, 6.07) is 6.81. The maximum atomic E-state index is 12.5. The number of nitrogens with two attached hydrogens (primary N) is 1. The van der Waals surface area contributed by atoms with Crippen molar-refractivity contribution in [2.24, 2.45) is 5.73 Å². The van der Waals surface area contributed by atoms with Gasteiger partial charge in [0.25, 0.3) is 11.8 Å². The van der Waals surface area contributed by atoms with Crippen LogP contribution >= 0.6 is 11.3 Å². The number of nitrogens with one attached hydrogen (secondary N) is 1. The van der Waals surface area contributed by atoms with Gasteiger partial charge in [0, 0.05) is 10.9 Å². The Morgan fingerprint density at radius 3 is 2.62 bits per heavy atom. The zero-order chi connectivity index (χ0) is 18.8. The number of fused-ring (bicyclic) bond motifs is 1. The number of carbonyl (C=O) groups is 2. The standard InChI is InChI=1S/C18H20N2O5S/c1-9(2)15-7-12(16(19)21)18(26-15)20-17(22)10(3)25-11-4-5-13-14(6-11)24-8-23-13/h4-7,9-10H,8H2,1-3H3,(H2,19,21)(H,20,22). The molecule has 138 valence electrons. The van der Waals surface area contributed by atoms with E-state index >= 15 is 0 Å². The largest absolute Gasteiger partial charge is 0.481 e. The van der Waals surface area contributed by atoms with Crippen molar-refractivity contribution in [3.8, 4) is 17.2 Å². The summed E-state index contributed by atoms with van der Waals surface area (Å²) in [5, 5.41) is 3.17. The average Bonchev–Trinajstić information content (AvgIpc) is 3.20. The molecule has 0 saturated carbocycles. The number of primary amides is 1. The van der Waals surface area contributed by atoms with Gasteiger partial charge in [-0.1, -0.05) is 13.8 Å². The number of amides is 2. The second-order valence-electron chi connectivity index (χ2n) is 6.17. The normalized spacial score (nSPS) is 13.5. The average molecular weight is 376 g/mol. The highest BCUT2D eigenvalue weighted by Gasteiger charge is 2.22. The molecule has 1 aromatic carbocycles. The lowest BCUT2D eigenvalue weighted by molar-refractivity contribution is -0.122. The molecule has 1 aliphatic heterocycles. The third-order valence-electron chi connectivity index (χ3n) is 3.85. The summed E-state index contributed by atoms with van der Waals surface area (Å²) in [6.07, 6.45) is -0.777. The van der Waals surface area contributed by atoms with E-state index in [1.54, 1.807) is 31.2 Å². The van der Waals surface area contributed by atoms with Crippen LogP contribution < -0.4 is 25.3 Å². The van der Waals surface area contributed by atoms with Crippen molar-refractivity contribution in [2.75, 3.05) is 12.1 Å². The van der Waals surface area contributed by atoms with E-state index in [9.17, 15) is 9.59 Å². The molecule has 3 rings (SSSR count). The first-order valence-electron chi connectivity index (χ1n) is 8.16. The van der Waals surface area contributed by atoms with Crippen LogP contribution in [0, 0.1) is 0 Å². The predicted molar refractivity (Wildman–Crippen MR) is 98.2 cm³/mol. The second kappa shape index (κ2) is 7.25. The van der Waals surface area contributed by atoms with Crippen LogP contribution in [-0.2, 0) is 4.79 Å². The van der Waals surface area contributed by atoms with E-state index in [0.717, 1.165) is 4.88 Å². The molecule has 7 nitrogen and oxygen atoms in total. The van der Waals surface area contributed by atoms with Crippen LogP contribution in [0.3, 0.4) is 0 Å². The summed E-state index contributed by atoms with van der Waals surface area (Å²) in [4.78, 5) is 25.1. The molecule has 0 saturated heterocycles. The Balaban J connectivity index is 1.70. The van der Waals surface area contributed by atoms with Crippen molar-refractivity contribution >= 4 is 28.2 Å². The van der Waals surface area contributed by atoms with Gasteiger partial charge in [0.2, 0.25) is 6.79 Å². The third kappa shape index (κ3) is 3.75. The Labute approximate surface area is 155 Å². The summed E-state index contributed by atoms with van der Waals surface area (Å²) < 4.78 is 16.2. The zero-order valence-corrected chi connectivity index (χ0v) is 15.5. The van der Waals surface area contributed by atoms with Crippen molar-refractivity contribution in [1.29, 1.82) is 0 Å². The Hall–Kier alpha value is -2.74. The molecule has 2 aromatic rings. The SMILES string of the molecule is CC(Oc1ccc2c(c1)OCO2)C(=O)Nc1sc(C(C)C)cc1C(N)=O. The van der Waals surface area contributed by atoms with Gasteiger partial charge in [-0.05, 0) is 31.0 Å². The molecule has 0 aliphatic carbocycles. The van der Waals surface area contributed by atoms with Gasteiger partial charge >= 0.3 is 0 Å². The highest BCUT2D eigenvalue weighted by Crippen LogP contribution is 2.36. The lowest BCUT2D eigenvalue weighted by atomic mass is 10.1. The van der Waals surface area contributed by atoms with Crippen molar-refractivity contribution < 1.29 is 23.8 Å². The molecule has 26 heavy (non-hydrogen) atoms. The van der Waals surface area contributed by atoms with E-state index in [0.29, 0.717) is 27.8 Å². The smallest absolute Gasteiger partial charge is 0.265 e. The van der Waals surface area contributed by atoms with Crippen LogP contribution in [0.2, 0.25) is 0 Å². The van der Waals surface area contributed by atoms with Crippen LogP contribution in [-0.4, -0.2) is 24.7 Å². The lowest BCUT2D eigenvalue weighted by Crippen LogP contribution is -2.30. The number of thiophene rings is 1. The lowest BCUT2D eigenvalue weighted by Gasteiger charge is -2.14. The molecule has 1 aromatic heterocycles. The minimum atomic E-state index is -0.777. The fourth-order valence-electron chi connectivity index (χ4n) is 2.39. The van der Waals surface area contributed by atoms with Crippen molar-refractivity contribution in [1.82, 2.24) is 0 Å². The molecule has 3 N–H and O–H groups in total. The minimum Gasteiger partial charge on any atom is -0.481 e. The summed E-state index contributed by atoms with van der Waals surface area (Å²) in [6.45, 7) is 5.81. The van der Waals surface area contributed by atoms with Gasteiger partial charge in [0.05, 0.1) is 5.56 Å². The summed E-state index contributed by atoms with van der Waals surface area (Å²) >= 11 is 1.34. The summed E-state index contributed by atoms with van der Waals surface area (Å²) in [5.41, 5.74) is 5.72. The van der Waals surface area contributed by atoms with Gasteiger partial charge in [-0.15, -0.1) is 11.3 Å². The van der Waals surface area contributed by atoms with Crippen molar-refractivity contribution in [3.63, 3.8) is 0 Å². The fourth-order valence-corrected chi connectivity index (χ4v) is 3.46. The van der Waals surface area contributed by atoms with E-state index in [1.807, 2.05) is 13.8 Å². The number of rotatable bonds is 6. The summed E-state index contributed by atoms with van der Waals surface area (Å²) in [5.74, 6) is 0.980. The van der Waals surface area contributed by atoms with Gasteiger partial charge in [0.1, 0.15) is 10.8 Å². The molecule has 8 heteroatoms. The topological polar surface area (TPSA) is 99.9 Å².